The van der Waals surface area contributed by atoms with Crippen LogP contribution >= 0.6 is 0 Å². The molecule has 1 aromatic heterocycles. The molecule has 2 aromatic carbocycles. The predicted molar refractivity (Wildman–Crippen MR) is 93.3 cm³/mol. The maximum Gasteiger partial charge on any atom is 0.137 e. The van der Waals surface area contributed by atoms with Gasteiger partial charge in [0.25, 0.3) is 0 Å². The number of nitrogens with zero attached hydrogens (tertiary/aromatic N) is 2. The predicted octanol–water partition coefficient (Wildman–Crippen LogP) is 3.74. The molecule has 0 fully saturated rings. The summed E-state index contributed by atoms with van der Waals surface area (Å²) in [4.78, 5) is 4.41. The highest BCUT2D eigenvalue weighted by Gasteiger charge is 2.09. The van der Waals surface area contributed by atoms with Gasteiger partial charge in [0.2, 0.25) is 0 Å². The summed E-state index contributed by atoms with van der Waals surface area (Å²) >= 11 is 0. The van der Waals surface area contributed by atoms with Crippen molar-refractivity contribution in [2.45, 2.75) is 6.54 Å². The van der Waals surface area contributed by atoms with Crippen molar-refractivity contribution in [1.82, 2.24) is 4.98 Å². The fourth-order valence-electron chi connectivity index (χ4n) is 2.53. The lowest BCUT2D eigenvalue weighted by molar-refractivity contribution is 0.414. The minimum Gasteiger partial charge on any atom is -0.497 e. The number of nitrogens with one attached hydrogen (secondary N) is 1. The van der Waals surface area contributed by atoms with E-state index in [1.54, 1.807) is 20.4 Å². The van der Waals surface area contributed by atoms with Crippen molar-refractivity contribution in [3.8, 4) is 17.6 Å². The number of hydrogen-bond acceptors (Lipinski definition) is 5. The van der Waals surface area contributed by atoms with Gasteiger partial charge in [-0.2, -0.15) is 5.26 Å². The van der Waals surface area contributed by atoms with Gasteiger partial charge in [-0.05, 0) is 41.3 Å². The van der Waals surface area contributed by atoms with E-state index in [-0.39, 0.29) is 0 Å². The highest BCUT2D eigenvalue weighted by Crippen LogP contribution is 2.29. The van der Waals surface area contributed by atoms with E-state index in [0.717, 1.165) is 27.9 Å². The number of nitriles is 1. The molecule has 0 spiro atoms. The molecule has 0 bridgehead atoms. The molecule has 0 aliphatic heterocycles. The highest BCUT2D eigenvalue weighted by atomic mass is 16.5. The number of fused-ring (bicyclic) bond motifs is 1. The Morgan fingerprint density at radius 1 is 1.08 bits per heavy atom. The van der Waals surface area contributed by atoms with Crippen LogP contribution < -0.4 is 14.8 Å². The van der Waals surface area contributed by atoms with Crippen LogP contribution in [-0.4, -0.2) is 19.2 Å². The zero-order valence-corrected chi connectivity index (χ0v) is 13.5. The monoisotopic (exact) mass is 319 g/mol. The Labute approximate surface area is 140 Å². The minimum atomic E-state index is 0.511. The lowest BCUT2D eigenvalue weighted by Crippen LogP contribution is -2.02. The number of aromatic nitrogens is 1. The number of ether oxygens (including phenoxy) is 2. The second-order valence-electron chi connectivity index (χ2n) is 5.25. The van der Waals surface area contributed by atoms with Gasteiger partial charge in [0, 0.05) is 18.1 Å². The first kappa shape index (κ1) is 15.6. The standard InChI is InChI=1S/C19H17N3O2/c1-23-16-5-3-13(4-6-16)12-22-19-17-10-18(24-2)15(11-20)9-14(17)7-8-21-19/h3-10H,12H2,1-2H3,(H,21,22). The fourth-order valence-corrected chi connectivity index (χ4v) is 2.53. The first-order valence-electron chi connectivity index (χ1n) is 7.49. The summed E-state index contributed by atoms with van der Waals surface area (Å²) in [5.41, 5.74) is 1.63. The van der Waals surface area contributed by atoms with Gasteiger partial charge >= 0.3 is 0 Å². The lowest BCUT2D eigenvalue weighted by atomic mass is 10.1. The molecule has 1 N–H and O–H groups in total. The van der Waals surface area contributed by atoms with Crippen molar-refractivity contribution in [2.24, 2.45) is 0 Å². The van der Waals surface area contributed by atoms with Gasteiger partial charge in [0.15, 0.2) is 0 Å². The molecule has 3 rings (SSSR count). The highest BCUT2D eigenvalue weighted by molar-refractivity contribution is 5.94. The van der Waals surface area contributed by atoms with Crippen LogP contribution in [0, 0.1) is 11.3 Å². The molecule has 3 aromatic rings. The lowest BCUT2D eigenvalue weighted by Gasteiger charge is -2.11. The Kier molecular flexibility index (Phi) is 4.48. The summed E-state index contributed by atoms with van der Waals surface area (Å²) in [6, 6.07) is 15.6. The summed E-state index contributed by atoms with van der Waals surface area (Å²) in [7, 11) is 3.21. The Bertz CT molecular complexity index is 899. The van der Waals surface area contributed by atoms with Crippen molar-refractivity contribution >= 4 is 16.6 Å². The number of methoxy groups -OCH3 is 2. The van der Waals surface area contributed by atoms with Gasteiger partial charge in [-0.25, -0.2) is 4.98 Å². The second kappa shape index (κ2) is 6.88. The first-order valence-corrected chi connectivity index (χ1v) is 7.49. The topological polar surface area (TPSA) is 67.2 Å². The molecule has 0 saturated heterocycles. The van der Waals surface area contributed by atoms with Gasteiger partial charge in [-0.15, -0.1) is 0 Å². The third kappa shape index (κ3) is 3.08. The Balaban J connectivity index is 1.90. The molecule has 1 heterocycles. The summed E-state index contributed by atoms with van der Waals surface area (Å²) in [5, 5.41) is 14.4. The smallest absolute Gasteiger partial charge is 0.137 e. The van der Waals surface area contributed by atoms with E-state index >= 15 is 0 Å². The van der Waals surface area contributed by atoms with E-state index < -0.39 is 0 Å². The number of anilines is 1. The molecule has 0 atom stereocenters. The molecule has 0 aliphatic rings. The fraction of sp³-hybridized carbons (Fsp3) is 0.158. The molecule has 0 radical (unpaired) electrons. The van der Waals surface area contributed by atoms with E-state index in [0.29, 0.717) is 17.9 Å². The Morgan fingerprint density at radius 3 is 2.54 bits per heavy atom. The summed E-state index contributed by atoms with van der Waals surface area (Å²) in [5.74, 6) is 2.13. The van der Waals surface area contributed by atoms with Crippen molar-refractivity contribution in [2.75, 3.05) is 19.5 Å². The molecule has 0 amide bonds. The van der Waals surface area contributed by atoms with Crippen LogP contribution in [0.1, 0.15) is 11.1 Å². The Hall–Kier alpha value is -3.26. The average molecular weight is 319 g/mol. The molecule has 0 aliphatic carbocycles. The zero-order chi connectivity index (χ0) is 16.9. The molecule has 24 heavy (non-hydrogen) atoms. The minimum absolute atomic E-state index is 0.511. The number of pyridine rings is 1. The zero-order valence-electron chi connectivity index (χ0n) is 13.5. The molecular formula is C19H17N3O2. The largest absolute Gasteiger partial charge is 0.497 e. The van der Waals surface area contributed by atoms with E-state index in [4.69, 9.17) is 9.47 Å². The number of rotatable bonds is 5. The molecule has 120 valence electrons. The number of benzene rings is 2. The van der Waals surface area contributed by atoms with E-state index in [2.05, 4.69) is 16.4 Å². The van der Waals surface area contributed by atoms with Crippen molar-refractivity contribution < 1.29 is 9.47 Å². The molecule has 0 unspecified atom stereocenters. The molecule has 0 saturated carbocycles. The maximum absolute atomic E-state index is 9.20. The van der Waals surface area contributed by atoms with Crippen LogP contribution in [0.15, 0.2) is 48.7 Å². The summed E-state index contributed by atoms with van der Waals surface area (Å²) < 4.78 is 10.5. The third-order valence-corrected chi connectivity index (χ3v) is 3.82. The van der Waals surface area contributed by atoms with E-state index in [1.165, 1.54) is 0 Å². The average Bonchev–Trinajstić information content (AvgIpc) is 2.65. The molecule has 5 nitrogen and oxygen atoms in total. The van der Waals surface area contributed by atoms with Crippen LogP contribution in [0.25, 0.3) is 10.8 Å². The van der Waals surface area contributed by atoms with Gasteiger partial charge in [-0.1, -0.05) is 12.1 Å². The van der Waals surface area contributed by atoms with Crippen LogP contribution in [0.3, 0.4) is 0 Å². The third-order valence-electron chi connectivity index (χ3n) is 3.82. The second-order valence-corrected chi connectivity index (χ2v) is 5.25. The molecule has 5 heteroatoms. The van der Waals surface area contributed by atoms with Crippen LogP contribution in [0.2, 0.25) is 0 Å². The summed E-state index contributed by atoms with van der Waals surface area (Å²) in [6.07, 6.45) is 1.73. The molecular weight excluding hydrogens is 302 g/mol. The normalized spacial score (nSPS) is 10.2. The van der Waals surface area contributed by atoms with Gasteiger partial charge in [0.1, 0.15) is 23.4 Å². The van der Waals surface area contributed by atoms with Crippen LogP contribution in [0.5, 0.6) is 11.5 Å². The van der Waals surface area contributed by atoms with Gasteiger partial charge in [-0.3, -0.25) is 0 Å². The SMILES string of the molecule is COc1ccc(CNc2nccc3cc(C#N)c(OC)cc23)cc1. The number of hydrogen-bond donors (Lipinski definition) is 1. The Morgan fingerprint density at radius 2 is 1.88 bits per heavy atom. The quantitative estimate of drug-likeness (QED) is 0.776. The first-order chi connectivity index (χ1) is 11.7. The van der Waals surface area contributed by atoms with Gasteiger partial charge in [0.05, 0.1) is 19.8 Å². The van der Waals surface area contributed by atoms with E-state index in [9.17, 15) is 5.26 Å². The van der Waals surface area contributed by atoms with Gasteiger partial charge < -0.3 is 14.8 Å². The van der Waals surface area contributed by atoms with Crippen molar-refractivity contribution in [3.05, 3.63) is 59.8 Å². The van der Waals surface area contributed by atoms with Crippen LogP contribution in [-0.2, 0) is 6.54 Å². The van der Waals surface area contributed by atoms with Crippen LogP contribution in [0.4, 0.5) is 5.82 Å². The maximum atomic E-state index is 9.20. The summed E-state index contributed by atoms with van der Waals surface area (Å²) in [6.45, 7) is 0.637. The van der Waals surface area contributed by atoms with E-state index in [1.807, 2.05) is 42.5 Å². The van der Waals surface area contributed by atoms with Crippen molar-refractivity contribution in [1.29, 1.82) is 5.26 Å². The van der Waals surface area contributed by atoms with Crippen molar-refractivity contribution in [3.63, 3.8) is 0 Å².